The van der Waals surface area contributed by atoms with Crippen LogP contribution in [0.3, 0.4) is 0 Å². The summed E-state index contributed by atoms with van der Waals surface area (Å²) in [6, 6.07) is 6.25. The fraction of sp³-hybridized carbons (Fsp3) is 0.188. The normalized spacial score (nSPS) is 11.2. The van der Waals surface area contributed by atoms with Gasteiger partial charge < -0.3 is 4.74 Å². The van der Waals surface area contributed by atoms with Crippen molar-refractivity contribution in [1.82, 2.24) is 4.72 Å². The van der Waals surface area contributed by atoms with Crippen LogP contribution in [0.2, 0.25) is 5.02 Å². The van der Waals surface area contributed by atoms with E-state index in [1.54, 1.807) is 22.9 Å². The number of sulfonamides is 1. The average molecular weight is 390 g/mol. The molecule has 0 fully saturated rings. The predicted octanol–water partition coefficient (Wildman–Crippen LogP) is 2.91. The quantitative estimate of drug-likeness (QED) is 0.853. The number of hydrogen-bond acceptors (Lipinski definition) is 4. The third-order valence-corrected chi connectivity index (χ3v) is 4.08. The third-order valence-electron chi connectivity index (χ3n) is 3.29. The second kappa shape index (κ2) is 7.37. The minimum atomic E-state index is -3.89. The first-order chi connectivity index (χ1) is 11.6. The van der Waals surface area contributed by atoms with Gasteiger partial charge in [0, 0.05) is 11.4 Å². The number of ether oxygens (including phenoxy) is 1. The zero-order valence-electron chi connectivity index (χ0n) is 13.3. The Morgan fingerprint density at radius 3 is 2.44 bits per heavy atom. The van der Waals surface area contributed by atoms with Gasteiger partial charge in [-0.3, -0.25) is 4.79 Å². The summed E-state index contributed by atoms with van der Waals surface area (Å²) in [5, 5.41) is 0.431. The highest BCUT2D eigenvalue weighted by atomic mass is 35.5. The number of methoxy groups -OCH3 is 1. The Morgan fingerprint density at radius 1 is 1.16 bits per heavy atom. The highest BCUT2D eigenvalue weighted by Crippen LogP contribution is 2.27. The first-order valence-corrected chi connectivity index (χ1v) is 9.20. The Morgan fingerprint density at radius 2 is 1.84 bits per heavy atom. The van der Waals surface area contributed by atoms with Gasteiger partial charge in [-0.2, -0.15) is 0 Å². The molecule has 0 aliphatic rings. The molecule has 2 rings (SSSR count). The van der Waals surface area contributed by atoms with Crippen molar-refractivity contribution in [3.63, 3.8) is 0 Å². The van der Waals surface area contributed by atoms with Crippen LogP contribution in [0.5, 0.6) is 5.75 Å². The van der Waals surface area contributed by atoms with Crippen molar-refractivity contribution in [2.75, 3.05) is 13.4 Å². The van der Waals surface area contributed by atoms with Crippen molar-refractivity contribution in [2.24, 2.45) is 0 Å². The summed E-state index contributed by atoms with van der Waals surface area (Å²) in [4.78, 5) is 11.7. The Kier molecular flexibility index (Phi) is 5.64. The highest BCUT2D eigenvalue weighted by molar-refractivity contribution is 7.89. The minimum Gasteiger partial charge on any atom is -0.496 e. The summed E-state index contributed by atoms with van der Waals surface area (Å²) < 4.78 is 57.2. The number of carbonyl (C=O) groups is 1. The summed E-state index contributed by atoms with van der Waals surface area (Å²) in [5.41, 5.74) is -0.151. The molecule has 1 amide bonds. The van der Waals surface area contributed by atoms with Crippen LogP contribution < -0.4 is 9.46 Å². The standard InChI is InChI=1S/C16H14ClF2NO4S/c1-24-15-7-11(17)4-3-9(15)5-10-6-14(19)12(8-13(10)18)16(21)20-25(2,22)23/h3-4,6-8H,5H2,1-2H3,(H,20,21). The largest absolute Gasteiger partial charge is 0.496 e. The molecule has 9 heteroatoms. The Labute approximate surface area is 148 Å². The molecule has 0 heterocycles. The van der Waals surface area contributed by atoms with Crippen LogP contribution in [0.4, 0.5) is 8.78 Å². The molecule has 0 saturated heterocycles. The predicted molar refractivity (Wildman–Crippen MR) is 89.5 cm³/mol. The Hall–Kier alpha value is -2.19. The van der Waals surface area contributed by atoms with Gasteiger partial charge in [0.15, 0.2) is 0 Å². The van der Waals surface area contributed by atoms with Crippen LogP contribution >= 0.6 is 11.6 Å². The maximum atomic E-state index is 14.3. The number of carbonyl (C=O) groups excluding carboxylic acids is 1. The van der Waals surface area contributed by atoms with E-state index in [-0.39, 0.29) is 12.0 Å². The fourth-order valence-electron chi connectivity index (χ4n) is 2.19. The van der Waals surface area contributed by atoms with Gasteiger partial charge >= 0.3 is 0 Å². The molecule has 0 radical (unpaired) electrons. The molecule has 0 aliphatic carbocycles. The van der Waals surface area contributed by atoms with Gasteiger partial charge in [0.1, 0.15) is 17.4 Å². The summed E-state index contributed by atoms with van der Waals surface area (Å²) in [6.07, 6.45) is 0.734. The SMILES string of the molecule is COc1cc(Cl)ccc1Cc1cc(F)c(C(=O)NS(C)(=O)=O)cc1F. The molecule has 0 unspecified atom stereocenters. The molecule has 5 nitrogen and oxygen atoms in total. The van der Waals surface area contributed by atoms with E-state index in [1.807, 2.05) is 0 Å². The lowest BCUT2D eigenvalue weighted by atomic mass is 10.0. The zero-order valence-corrected chi connectivity index (χ0v) is 14.8. The summed E-state index contributed by atoms with van der Waals surface area (Å²) in [6.45, 7) is 0. The van der Waals surface area contributed by atoms with Crippen molar-refractivity contribution in [2.45, 2.75) is 6.42 Å². The average Bonchev–Trinajstić information content (AvgIpc) is 2.50. The Bertz CT molecular complexity index is 932. The fourth-order valence-corrected chi connectivity index (χ4v) is 2.80. The molecule has 0 saturated carbocycles. The van der Waals surface area contributed by atoms with Crippen LogP contribution in [-0.2, 0) is 16.4 Å². The monoisotopic (exact) mass is 389 g/mol. The third kappa shape index (κ3) is 4.90. The van der Waals surface area contributed by atoms with E-state index in [9.17, 15) is 22.0 Å². The molecular formula is C16H14ClF2NO4S. The van der Waals surface area contributed by atoms with Crippen molar-refractivity contribution >= 4 is 27.5 Å². The number of rotatable bonds is 5. The molecule has 2 aromatic rings. The van der Waals surface area contributed by atoms with Crippen molar-refractivity contribution in [3.05, 3.63) is 63.7 Å². The van der Waals surface area contributed by atoms with Crippen LogP contribution in [0, 0.1) is 11.6 Å². The van der Waals surface area contributed by atoms with Gasteiger partial charge in [-0.1, -0.05) is 17.7 Å². The number of nitrogens with one attached hydrogen (secondary N) is 1. The van der Waals surface area contributed by atoms with E-state index in [1.165, 1.54) is 7.11 Å². The van der Waals surface area contributed by atoms with Crippen LogP contribution in [0.25, 0.3) is 0 Å². The topological polar surface area (TPSA) is 72.5 Å². The lowest BCUT2D eigenvalue weighted by Crippen LogP contribution is -2.30. The van der Waals surface area contributed by atoms with Crippen molar-refractivity contribution in [3.8, 4) is 5.75 Å². The van der Waals surface area contributed by atoms with Gasteiger partial charge in [0.25, 0.3) is 5.91 Å². The molecule has 134 valence electrons. The highest BCUT2D eigenvalue weighted by Gasteiger charge is 2.19. The molecule has 25 heavy (non-hydrogen) atoms. The molecule has 0 aliphatic heterocycles. The van der Waals surface area contributed by atoms with Gasteiger partial charge in [0.05, 0.1) is 18.9 Å². The van der Waals surface area contributed by atoms with E-state index in [4.69, 9.17) is 16.3 Å². The summed E-state index contributed by atoms with van der Waals surface area (Å²) in [5.74, 6) is -2.72. The minimum absolute atomic E-state index is 0.00291. The van der Waals surface area contributed by atoms with E-state index >= 15 is 0 Å². The molecule has 0 atom stereocenters. The number of benzene rings is 2. The van der Waals surface area contributed by atoms with Crippen LogP contribution in [-0.4, -0.2) is 27.7 Å². The van der Waals surface area contributed by atoms with Gasteiger partial charge in [-0.25, -0.2) is 21.9 Å². The van der Waals surface area contributed by atoms with Crippen LogP contribution in [0.1, 0.15) is 21.5 Å². The molecule has 0 spiro atoms. The first kappa shape index (κ1) is 19.1. The number of halogens is 3. The van der Waals surface area contributed by atoms with E-state index < -0.39 is 33.1 Å². The van der Waals surface area contributed by atoms with Gasteiger partial charge in [0.2, 0.25) is 10.0 Å². The molecular weight excluding hydrogens is 376 g/mol. The van der Waals surface area contributed by atoms with Gasteiger partial charge in [-0.05, 0) is 35.4 Å². The van der Waals surface area contributed by atoms with E-state index in [0.717, 1.165) is 12.3 Å². The smallest absolute Gasteiger partial charge is 0.267 e. The molecule has 1 N–H and O–H groups in total. The van der Waals surface area contributed by atoms with E-state index in [2.05, 4.69) is 0 Å². The second-order valence-corrected chi connectivity index (χ2v) is 7.44. The van der Waals surface area contributed by atoms with Crippen molar-refractivity contribution < 1.29 is 26.7 Å². The van der Waals surface area contributed by atoms with Crippen molar-refractivity contribution in [1.29, 1.82) is 0 Å². The van der Waals surface area contributed by atoms with Crippen LogP contribution in [0.15, 0.2) is 30.3 Å². The first-order valence-electron chi connectivity index (χ1n) is 6.93. The summed E-state index contributed by atoms with van der Waals surface area (Å²) in [7, 11) is -2.47. The second-order valence-electron chi connectivity index (χ2n) is 5.26. The molecule has 2 aromatic carbocycles. The Balaban J connectivity index is 2.36. The lowest BCUT2D eigenvalue weighted by molar-refractivity contribution is 0.0977. The maximum Gasteiger partial charge on any atom is 0.267 e. The molecule has 0 aromatic heterocycles. The van der Waals surface area contributed by atoms with Gasteiger partial charge in [-0.15, -0.1) is 0 Å². The number of hydrogen-bond donors (Lipinski definition) is 1. The van der Waals surface area contributed by atoms with E-state index in [0.29, 0.717) is 22.4 Å². The maximum absolute atomic E-state index is 14.3. The molecule has 0 bridgehead atoms. The zero-order chi connectivity index (χ0) is 18.8. The lowest BCUT2D eigenvalue weighted by Gasteiger charge is -2.11. The summed E-state index contributed by atoms with van der Waals surface area (Å²) >= 11 is 5.86. The number of amides is 1.